The number of rotatable bonds is 3. The van der Waals surface area contributed by atoms with Crippen LogP contribution in [0, 0.1) is 5.41 Å². The van der Waals surface area contributed by atoms with Gasteiger partial charge in [-0.05, 0) is 20.8 Å². The number of nitrogens with one attached hydrogen (secondary N) is 1. The summed E-state index contributed by atoms with van der Waals surface area (Å²) in [4.78, 5) is 6.05. The summed E-state index contributed by atoms with van der Waals surface area (Å²) in [7, 11) is 0. The molecule has 1 fully saturated rings. The molecule has 18 heavy (non-hydrogen) atoms. The summed E-state index contributed by atoms with van der Waals surface area (Å²) in [6, 6.07) is 0. The Morgan fingerprint density at radius 2 is 1.89 bits per heavy atom. The van der Waals surface area contributed by atoms with E-state index < -0.39 is 13.0 Å². The third-order valence-electron chi connectivity index (χ3n) is 3.85. The van der Waals surface area contributed by atoms with Crippen molar-refractivity contribution >= 4 is 29.9 Å². The molecule has 0 radical (unpaired) electrons. The SMILES string of the molecule is CCNC(=NCC(F)F)N1CC(C)(C)C1(C)C.I. The summed E-state index contributed by atoms with van der Waals surface area (Å²) in [5, 5.41) is 3.08. The van der Waals surface area contributed by atoms with Crippen molar-refractivity contribution < 1.29 is 8.78 Å². The molecule has 0 aromatic rings. The molecule has 1 saturated heterocycles. The van der Waals surface area contributed by atoms with Gasteiger partial charge in [0.25, 0.3) is 6.43 Å². The average molecular weight is 375 g/mol. The maximum atomic E-state index is 12.2. The van der Waals surface area contributed by atoms with E-state index >= 15 is 0 Å². The highest BCUT2D eigenvalue weighted by Gasteiger charge is 2.53. The van der Waals surface area contributed by atoms with E-state index in [2.05, 4.69) is 42.9 Å². The molecular weight excluding hydrogens is 351 g/mol. The van der Waals surface area contributed by atoms with Crippen molar-refractivity contribution in [3.8, 4) is 0 Å². The Kier molecular flexibility index (Phi) is 6.29. The van der Waals surface area contributed by atoms with Crippen LogP contribution in [0.5, 0.6) is 0 Å². The topological polar surface area (TPSA) is 27.6 Å². The molecule has 3 nitrogen and oxygen atoms in total. The largest absolute Gasteiger partial charge is 0.356 e. The van der Waals surface area contributed by atoms with Gasteiger partial charge >= 0.3 is 0 Å². The number of alkyl halides is 2. The van der Waals surface area contributed by atoms with Gasteiger partial charge in [-0.25, -0.2) is 13.8 Å². The fourth-order valence-corrected chi connectivity index (χ4v) is 1.95. The number of guanidine groups is 1. The van der Waals surface area contributed by atoms with Crippen LogP contribution in [0.15, 0.2) is 4.99 Å². The molecule has 0 saturated carbocycles. The van der Waals surface area contributed by atoms with Crippen molar-refractivity contribution in [2.75, 3.05) is 19.6 Å². The van der Waals surface area contributed by atoms with Crippen molar-refractivity contribution in [1.82, 2.24) is 10.2 Å². The Labute approximate surface area is 125 Å². The van der Waals surface area contributed by atoms with E-state index in [1.165, 1.54) is 0 Å². The van der Waals surface area contributed by atoms with Crippen molar-refractivity contribution in [2.24, 2.45) is 10.4 Å². The molecule has 1 aliphatic heterocycles. The number of halogens is 3. The smallest absolute Gasteiger partial charge is 0.257 e. The zero-order valence-electron chi connectivity index (χ0n) is 11.8. The molecule has 0 atom stereocenters. The lowest BCUT2D eigenvalue weighted by molar-refractivity contribution is -0.0669. The zero-order valence-corrected chi connectivity index (χ0v) is 14.1. The third kappa shape index (κ3) is 3.45. The maximum Gasteiger partial charge on any atom is 0.257 e. The minimum absolute atomic E-state index is 0. The Bertz CT molecular complexity index is 304. The van der Waals surface area contributed by atoms with Crippen LogP contribution in [-0.4, -0.2) is 42.5 Å². The van der Waals surface area contributed by atoms with E-state index in [0.29, 0.717) is 12.5 Å². The highest BCUT2D eigenvalue weighted by Crippen LogP contribution is 2.46. The van der Waals surface area contributed by atoms with Gasteiger partial charge < -0.3 is 10.2 Å². The van der Waals surface area contributed by atoms with Gasteiger partial charge in [0.2, 0.25) is 0 Å². The Morgan fingerprint density at radius 3 is 2.22 bits per heavy atom. The minimum Gasteiger partial charge on any atom is -0.356 e. The number of aliphatic imine (C=N–C) groups is 1. The van der Waals surface area contributed by atoms with Crippen LogP contribution in [0.3, 0.4) is 0 Å². The lowest BCUT2D eigenvalue weighted by Gasteiger charge is -2.62. The lowest BCUT2D eigenvalue weighted by Crippen LogP contribution is -2.72. The fraction of sp³-hybridized carbons (Fsp3) is 0.917. The molecule has 0 bridgehead atoms. The second kappa shape index (κ2) is 6.34. The fourth-order valence-electron chi connectivity index (χ4n) is 1.95. The van der Waals surface area contributed by atoms with Crippen LogP contribution in [0.4, 0.5) is 8.78 Å². The van der Waals surface area contributed by atoms with Crippen LogP contribution in [-0.2, 0) is 0 Å². The van der Waals surface area contributed by atoms with Gasteiger partial charge in [-0.2, -0.15) is 0 Å². The Hall–Kier alpha value is -0.140. The van der Waals surface area contributed by atoms with Crippen LogP contribution >= 0.6 is 24.0 Å². The van der Waals surface area contributed by atoms with Crippen LogP contribution in [0.1, 0.15) is 34.6 Å². The van der Waals surface area contributed by atoms with E-state index in [9.17, 15) is 8.78 Å². The molecule has 0 aromatic heterocycles. The van der Waals surface area contributed by atoms with Gasteiger partial charge in [0.1, 0.15) is 6.54 Å². The van der Waals surface area contributed by atoms with E-state index in [1.54, 1.807) is 0 Å². The monoisotopic (exact) mass is 375 g/mol. The van der Waals surface area contributed by atoms with Gasteiger partial charge in [0, 0.05) is 24.0 Å². The molecule has 0 spiro atoms. The summed E-state index contributed by atoms with van der Waals surface area (Å²) >= 11 is 0. The summed E-state index contributed by atoms with van der Waals surface area (Å²) in [6.07, 6.45) is -2.39. The quantitative estimate of drug-likeness (QED) is 0.467. The van der Waals surface area contributed by atoms with Crippen LogP contribution < -0.4 is 5.32 Å². The van der Waals surface area contributed by atoms with Crippen molar-refractivity contribution in [1.29, 1.82) is 0 Å². The predicted molar refractivity (Wildman–Crippen MR) is 82.0 cm³/mol. The molecule has 1 aliphatic rings. The molecule has 1 N–H and O–H groups in total. The Morgan fingerprint density at radius 1 is 1.33 bits per heavy atom. The first kappa shape index (κ1) is 17.9. The standard InChI is InChI=1S/C12H23F2N3.HI/c1-6-15-10(16-7-9(13)14)17-8-11(2,3)12(17,4)5;/h9H,6-8H2,1-5H3,(H,15,16);1H. The molecule has 6 heteroatoms. The highest BCUT2D eigenvalue weighted by molar-refractivity contribution is 14.0. The summed E-state index contributed by atoms with van der Waals surface area (Å²) < 4.78 is 24.4. The first-order valence-electron chi connectivity index (χ1n) is 6.06. The number of hydrogen-bond donors (Lipinski definition) is 1. The van der Waals surface area contributed by atoms with Gasteiger partial charge in [0.05, 0.1) is 0 Å². The second-order valence-electron chi connectivity index (χ2n) is 5.61. The van der Waals surface area contributed by atoms with Crippen molar-refractivity contribution in [3.05, 3.63) is 0 Å². The molecule has 0 aliphatic carbocycles. The molecule has 0 aromatic carbocycles. The van der Waals surface area contributed by atoms with Crippen LogP contribution in [0.25, 0.3) is 0 Å². The molecule has 108 valence electrons. The number of hydrogen-bond acceptors (Lipinski definition) is 1. The van der Waals surface area contributed by atoms with Crippen molar-refractivity contribution in [2.45, 2.75) is 46.6 Å². The summed E-state index contributed by atoms with van der Waals surface area (Å²) in [5.74, 6) is 0.595. The molecule has 0 unspecified atom stereocenters. The molecule has 1 rings (SSSR count). The summed E-state index contributed by atoms with van der Waals surface area (Å²) in [6.45, 7) is 11.6. The number of nitrogens with zero attached hydrogens (tertiary/aromatic N) is 2. The lowest BCUT2D eigenvalue weighted by atomic mass is 9.65. The number of likely N-dealkylation sites (tertiary alicyclic amines) is 1. The predicted octanol–water partition coefficient (Wildman–Crippen LogP) is 2.96. The van der Waals surface area contributed by atoms with E-state index in [4.69, 9.17) is 0 Å². The normalized spacial score (nSPS) is 21.3. The Balaban J connectivity index is 0.00000289. The second-order valence-corrected chi connectivity index (χ2v) is 5.61. The van der Waals surface area contributed by atoms with Crippen molar-refractivity contribution in [3.63, 3.8) is 0 Å². The van der Waals surface area contributed by atoms with Gasteiger partial charge in [-0.15, -0.1) is 24.0 Å². The maximum absolute atomic E-state index is 12.2. The third-order valence-corrected chi connectivity index (χ3v) is 3.85. The van der Waals surface area contributed by atoms with Gasteiger partial charge in [0.15, 0.2) is 5.96 Å². The van der Waals surface area contributed by atoms with Gasteiger partial charge in [-0.1, -0.05) is 13.8 Å². The first-order valence-corrected chi connectivity index (χ1v) is 6.06. The van der Waals surface area contributed by atoms with E-state index in [1.807, 2.05) is 6.92 Å². The first-order chi connectivity index (χ1) is 7.72. The molecule has 1 heterocycles. The van der Waals surface area contributed by atoms with E-state index in [0.717, 1.165) is 6.54 Å². The average Bonchev–Trinajstić information content (AvgIpc) is 2.21. The van der Waals surface area contributed by atoms with Crippen LogP contribution in [0.2, 0.25) is 0 Å². The molecule has 0 amide bonds. The molecular formula is C12H24F2IN3. The van der Waals surface area contributed by atoms with E-state index in [-0.39, 0.29) is 34.9 Å². The van der Waals surface area contributed by atoms with Gasteiger partial charge in [-0.3, -0.25) is 0 Å². The highest BCUT2D eigenvalue weighted by atomic mass is 127. The zero-order chi connectivity index (χ0) is 13.3. The summed E-state index contributed by atoms with van der Waals surface area (Å²) in [5.41, 5.74) is 0.115. The minimum atomic E-state index is -2.39.